The van der Waals surface area contributed by atoms with Crippen molar-refractivity contribution in [3.63, 3.8) is 0 Å². The lowest BCUT2D eigenvalue weighted by molar-refractivity contribution is 0.0695. The molecule has 1 aliphatic heterocycles. The van der Waals surface area contributed by atoms with Crippen LogP contribution in [-0.2, 0) is 0 Å². The molecule has 2 aromatic carbocycles. The Hall–Kier alpha value is -3.15. The Morgan fingerprint density at radius 2 is 1.46 bits per heavy atom. The average Bonchev–Trinajstić information content (AvgIpc) is 2.97. The Balaban J connectivity index is 1.69. The molecule has 146 valence electrons. The van der Waals surface area contributed by atoms with Crippen LogP contribution in [0.4, 0.5) is 5.69 Å². The summed E-state index contributed by atoms with van der Waals surface area (Å²) in [6.45, 7) is 3.32. The molecule has 2 N–H and O–H groups in total. The molecule has 0 spiro atoms. The molecular weight excluding hydrogens is 356 g/mol. The summed E-state index contributed by atoms with van der Waals surface area (Å²) in [5.41, 5.74) is 2.20. The number of aromatic carboxylic acids is 1. The maximum Gasteiger partial charge on any atom is 0.335 e. The van der Waals surface area contributed by atoms with Gasteiger partial charge in [-0.25, -0.2) is 4.79 Å². The molecule has 0 aromatic heterocycles. The number of hydrogen-bond donors (Lipinski definition) is 2. The van der Waals surface area contributed by atoms with Gasteiger partial charge in [-0.1, -0.05) is 12.8 Å². The third kappa shape index (κ3) is 4.76. The van der Waals surface area contributed by atoms with Crippen LogP contribution >= 0.6 is 0 Å². The molecule has 1 fully saturated rings. The number of nitrogens with one attached hydrogen (secondary N) is 1. The summed E-state index contributed by atoms with van der Waals surface area (Å²) < 4.78 is 0. The number of carbonyl (C=O) groups is 3. The first kappa shape index (κ1) is 19.6. The molecule has 6 heteroatoms. The van der Waals surface area contributed by atoms with E-state index in [1.807, 2.05) is 4.90 Å². The van der Waals surface area contributed by atoms with Crippen LogP contribution in [0.5, 0.6) is 0 Å². The SMILES string of the molecule is Cc1cc(C(=O)O)cc(C(=O)Nc2ccc(C(=O)N3CCCCCC3)cc2)c1. The predicted octanol–water partition coefficient (Wildman–Crippen LogP) is 3.96. The van der Waals surface area contributed by atoms with Crippen LogP contribution in [0.2, 0.25) is 0 Å². The Kier molecular flexibility index (Phi) is 6.09. The van der Waals surface area contributed by atoms with Crippen molar-refractivity contribution >= 4 is 23.5 Å². The maximum absolute atomic E-state index is 12.6. The van der Waals surface area contributed by atoms with E-state index in [2.05, 4.69) is 5.32 Å². The Labute approximate surface area is 164 Å². The van der Waals surface area contributed by atoms with E-state index >= 15 is 0 Å². The third-order valence-electron chi connectivity index (χ3n) is 4.87. The summed E-state index contributed by atoms with van der Waals surface area (Å²) >= 11 is 0. The first-order valence-corrected chi connectivity index (χ1v) is 9.50. The highest BCUT2D eigenvalue weighted by atomic mass is 16.4. The zero-order valence-corrected chi connectivity index (χ0v) is 15.9. The lowest BCUT2D eigenvalue weighted by Crippen LogP contribution is -2.31. The van der Waals surface area contributed by atoms with Gasteiger partial charge in [-0.3, -0.25) is 9.59 Å². The minimum absolute atomic E-state index is 0.0181. The van der Waals surface area contributed by atoms with E-state index in [-0.39, 0.29) is 17.0 Å². The molecule has 2 amide bonds. The van der Waals surface area contributed by atoms with Crippen molar-refractivity contribution in [1.82, 2.24) is 4.90 Å². The number of nitrogens with zero attached hydrogens (tertiary/aromatic N) is 1. The van der Waals surface area contributed by atoms with Crippen molar-refractivity contribution in [2.75, 3.05) is 18.4 Å². The van der Waals surface area contributed by atoms with E-state index in [0.29, 0.717) is 16.8 Å². The Morgan fingerprint density at radius 3 is 2.07 bits per heavy atom. The maximum atomic E-state index is 12.6. The van der Waals surface area contributed by atoms with Gasteiger partial charge < -0.3 is 15.3 Å². The largest absolute Gasteiger partial charge is 0.478 e. The van der Waals surface area contributed by atoms with Crippen molar-refractivity contribution in [2.45, 2.75) is 32.6 Å². The minimum atomic E-state index is -1.07. The molecule has 0 saturated carbocycles. The molecule has 0 atom stereocenters. The van der Waals surface area contributed by atoms with Crippen molar-refractivity contribution in [1.29, 1.82) is 0 Å². The van der Waals surface area contributed by atoms with Gasteiger partial charge in [0.1, 0.15) is 0 Å². The summed E-state index contributed by atoms with van der Waals surface area (Å²) in [5, 5.41) is 11.9. The second-order valence-electron chi connectivity index (χ2n) is 7.13. The van der Waals surface area contributed by atoms with Gasteiger partial charge in [0.15, 0.2) is 0 Å². The molecule has 1 aliphatic rings. The Morgan fingerprint density at radius 1 is 0.857 bits per heavy atom. The summed E-state index contributed by atoms with van der Waals surface area (Å²) in [6, 6.07) is 11.3. The lowest BCUT2D eigenvalue weighted by atomic mass is 10.1. The van der Waals surface area contributed by atoms with Crippen molar-refractivity contribution in [3.8, 4) is 0 Å². The number of rotatable bonds is 4. The first-order chi connectivity index (χ1) is 13.4. The molecule has 28 heavy (non-hydrogen) atoms. The van der Waals surface area contributed by atoms with Gasteiger partial charge in [0, 0.05) is 29.9 Å². The fraction of sp³-hybridized carbons (Fsp3) is 0.318. The lowest BCUT2D eigenvalue weighted by Gasteiger charge is -2.20. The molecule has 0 bridgehead atoms. The number of carboxylic acid groups (broad SMARTS) is 1. The highest BCUT2D eigenvalue weighted by Gasteiger charge is 2.17. The highest BCUT2D eigenvalue weighted by Crippen LogP contribution is 2.17. The van der Waals surface area contributed by atoms with Crippen LogP contribution in [0.15, 0.2) is 42.5 Å². The molecule has 0 aliphatic carbocycles. The third-order valence-corrected chi connectivity index (χ3v) is 4.87. The summed E-state index contributed by atoms with van der Waals surface area (Å²) in [6.07, 6.45) is 4.40. The number of likely N-dealkylation sites (tertiary alicyclic amines) is 1. The van der Waals surface area contributed by atoms with Crippen LogP contribution in [-0.4, -0.2) is 40.9 Å². The number of carbonyl (C=O) groups excluding carboxylic acids is 2. The smallest absolute Gasteiger partial charge is 0.335 e. The van der Waals surface area contributed by atoms with Crippen LogP contribution < -0.4 is 5.32 Å². The number of aryl methyl sites for hydroxylation is 1. The second kappa shape index (κ2) is 8.69. The quantitative estimate of drug-likeness (QED) is 0.840. The van der Waals surface area contributed by atoms with Crippen molar-refractivity contribution in [2.24, 2.45) is 0 Å². The number of anilines is 1. The van der Waals surface area contributed by atoms with Crippen LogP contribution in [0.25, 0.3) is 0 Å². The van der Waals surface area contributed by atoms with Gasteiger partial charge in [0.2, 0.25) is 0 Å². The monoisotopic (exact) mass is 380 g/mol. The first-order valence-electron chi connectivity index (χ1n) is 9.50. The number of carboxylic acids is 1. The van der Waals surface area contributed by atoms with E-state index in [0.717, 1.165) is 38.8 Å². The zero-order chi connectivity index (χ0) is 20.1. The van der Waals surface area contributed by atoms with E-state index in [1.165, 1.54) is 12.1 Å². The van der Waals surface area contributed by atoms with E-state index in [9.17, 15) is 14.4 Å². The van der Waals surface area contributed by atoms with Gasteiger partial charge in [0.25, 0.3) is 11.8 Å². The summed E-state index contributed by atoms with van der Waals surface area (Å²) in [5.74, 6) is -1.45. The number of amides is 2. The molecular formula is C22H24N2O4. The topological polar surface area (TPSA) is 86.7 Å². The second-order valence-corrected chi connectivity index (χ2v) is 7.13. The van der Waals surface area contributed by atoms with Crippen molar-refractivity contribution < 1.29 is 19.5 Å². The fourth-order valence-electron chi connectivity index (χ4n) is 3.39. The minimum Gasteiger partial charge on any atom is -0.478 e. The van der Waals surface area contributed by atoms with E-state index < -0.39 is 11.9 Å². The van der Waals surface area contributed by atoms with Gasteiger partial charge in [-0.15, -0.1) is 0 Å². The fourth-order valence-corrected chi connectivity index (χ4v) is 3.39. The van der Waals surface area contributed by atoms with Gasteiger partial charge >= 0.3 is 5.97 Å². The molecule has 2 aromatic rings. The summed E-state index contributed by atoms with van der Waals surface area (Å²) in [4.78, 5) is 38.2. The van der Waals surface area contributed by atoms with E-state index in [4.69, 9.17) is 5.11 Å². The van der Waals surface area contributed by atoms with Gasteiger partial charge in [-0.2, -0.15) is 0 Å². The Bertz CT molecular complexity index is 882. The molecule has 3 rings (SSSR count). The highest BCUT2D eigenvalue weighted by molar-refractivity contribution is 6.06. The van der Waals surface area contributed by atoms with Crippen LogP contribution in [0.3, 0.4) is 0 Å². The normalized spacial score (nSPS) is 14.2. The molecule has 1 heterocycles. The predicted molar refractivity (Wildman–Crippen MR) is 107 cm³/mol. The van der Waals surface area contributed by atoms with Crippen LogP contribution in [0.1, 0.15) is 62.3 Å². The van der Waals surface area contributed by atoms with Gasteiger partial charge in [-0.05, 0) is 67.8 Å². The zero-order valence-electron chi connectivity index (χ0n) is 15.9. The summed E-state index contributed by atoms with van der Waals surface area (Å²) in [7, 11) is 0. The average molecular weight is 380 g/mol. The van der Waals surface area contributed by atoms with Crippen LogP contribution in [0, 0.1) is 6.92 Å². The standard InChI is InChI=1S/C22H24N2O4/c1-15-12-17(14-18(13-15)22(27)28)20(25)23-19-8-6-16(7-9-19)21(26)24-10-4-2-3-5-11-24/h6-9,12-14H,2-5,10-11H2,1H3,(H,23,25)(H,27,28). The molecule has 6 nitrogen and oxygen atoms in total. The molecule has 0 unspecified atom stereocenters. The van der Waals surface area contributed by atoms with E-state index in [1.54, 1.807) is 37.3 Å². The molecule has 1 saturated heterocycles. The van der Waals surface area contributed by atoms with Gasteiger partial charge in [0.05, 0.1) is 5.56 Å². The molecule has 0 radical (unpaired) electrons. The number of benzene rings is 2. The van der Waals surface area contributed by atoms with Crippen molar-refractivity contribution in [3.05, 3.63) is 64.7 Å². The number of hydrogen-bond acceptors (Lipinski definition) is 3.